The number of carbonyl (C=O) groups is 2. The lowest BCUT2D eigenvalue weighted by Crippen LogP contribution is -2.40. The van der Waals surface area contributed by atoms with Crippen LogP contribution < -0.4 is 4.74 Å². The Balaban J connectivity index is 1.59. The van der Waals surface area contributed by atoms with E-state index in [0.29, 0.717) is 6.42 Å². The molecule has 1 atom stereocenters. The number of nitrogens with one attached hydrogen (secondary N) is 1. The number of aromatic nitrogens is 1. The van der Waals surface area contributed by atoms with Crippen molar-refractivity contribution in [1.82, 2.24) is 9.88 Å². The molecule has 1 N–H and O–H groups in total. The van der Waals surface area contributed by atoms with Crippen molar-refractivity contribution in [3.63, 3.8) is 0 Å². The summed E-state index contributed by atoms with van der Waals surface area (Å²) in [4.78, 5) is 31.7. The van der Waals surface area contributed by atoms with Crippen molar-refractivity contribution in [2.75, 3.05) is 7.11 Å². The number of hydrogen-bond donors (Lipinski definition) is 1. The number of nitrogens with zero attached hydrogens (tertiary/aromatic N) is 1. The van der Waals surface area contributed by atoms with Crippen LogP contribution in [0.3, 0.4) is 0 Å². The molecule has 2 heterocycles. The predicted octanol–water partition coefficient (Wildman–Crippen LogP) is 4.62. The molecule has 1 aliphatic rings. The molecule has 3 aromatic carbocycles. The van der Waals surface area contributed by atoms with Gasteiger partial charge in [0.15, 0.2) is 0 Å². The van der Waals surface area contributed by atoms with Gasteiger partial charge in [0, 0.05) is 18.1 Å². The van der Waals surface area contributed by atoms with Gasteiger partial charge in [-0.1, -0.05) is 48.5 Å². The molecule has 1 aromatic heterocycles. The number of imide groups is 1. The first-order valence-corrected chi connectivity index (χ1v) is 10.7. The number of likely N-dealkylation sites (tertiary alicyclic amines) is 1. The van der Waals surface area contributed by atoms with Crippen LogP contribution in [0.4, 0.5) is 0 Å². The summed E-state index contributed by atoms with van der Waals surface area (Å²) in [5, 5.41) is 1.02. The predicted molar refractivity (Wildman–Crippen MR) is 123 cm³/mol. The van der Waals surface area contributed by atoms with Crippen molar-refractivity contribution < 1.29 is 14.3 Å². The number of hydrogen-bond acceptors (Lipinski definition) is 3. The number of fused-ring (bicyclic) bond motifs is 1. The second kappa shape index (κ2) is 8.00. The summed E-state index contributed by atoms with van der Waals surface area (Å²) in [5.41, 5.74) is 2.81. The number of methoxy groups -OCH3 is 1. The van der Waals surface area contributed by atoms with Crippen molar-refractivity contribution in [3.8, 4) is 5.75 Å². The summed E-state index contributed by atoms with van der Waals surface area (Å²) < 4.78 is 5.39. The Morgan fingerprint density at radius 2 is 1.75 bits per heavy atom. The van der Waals surface area contributed by atoms with Crippen LogP contribution in [-0.4, -0.2) is 28.8 Å². The number of benzene rings is 3. The first-order valence-electron chi connectivity index (χ1n) is 10.7. The van der Waals surface area contributed by atoms with E-state index in [1.54, 1.807) is 7.11 Å². The second-order valence-corrected chi connectivity index (χ2v) is 8.34. The highest BCUT2D eigenvalue weighted by Gasteiger charge is 2.52. The molecule has 0 aliphatic carbocycles. The highest BCUT2D eigenvalue weighted by Crippen LogP contribution is 2.41. The minimum atomic E-state index is -0.955. The van der Waals surface area contributed by atoms with Gasteiger partial charge in [-0.25, -0.2) is 0 Å². The van der Waals surface area contributed by atoms with Crippen LogP contribution in [0.2, 0.25) is 0 Å². The Labute approximate surface area is 186 Å². The lowest BCUT2D eigenvalue weighted by Gasteiger charge is -2.28. The SMILES string of the molecule is COc1cccc(CC2(c3ccc4[nH]ccc4c3)CC(=O)N(Cc3ccccc3)C2=O)c1. The normalized spacial score (nSPS) is 18.5. The zero-order valence-electron chi connectivity index (χ0n) is 17.9. The monoisotopic (exact) mass is 424 g/mol. The zero-order valence-corrected chi connectivity index (χ0v) is 17.9. The minimum absolute atomic E-state index is 0.143. The molecular formula is C27H24N2O3. The number of aromatic amines is 1. The summed E-state index contributed by atoms with van der Waals surface area (Å²) in [6, 6.07) is 25.3. The van der Waals surface area contributed by atoms with Crippen molar-refractivity contribution in [2.45, 2.75) is 24.8 Å². The van der Waals surface area contributed by atoms with Gasteiger partial charge in [-0.3, -0.25) is 14.5 Å². The van der Waals surface area contributed by atoms with Crippen molar-refractivity contribution in [3.05, 3.63) is 102 Å². The van der Waals surface area contributed by atoms with Gasteiger partial charge in [-0.05, 0) is 58.8 Å². The molecule has 5 heteroatoms. The Kier molecular flexibility index (Phi) is 5.02. The zero-order chi connectivity index (χ0) is 22.1. The molecule has 2 amide bonds. The highest BCUT2D eigenvalue weighted by atomic mass is 16.5. The fourth-order valence-electron chi connectivity index (χ4n) is 4.67. The molecule has 1 aliphatic heterocycles. The van der Waals surface area contributed by atoms with E-state index in [1.807, 2.05) is 85.1 Å². The lowest BCUT2D eigenvalue weighted by molar-refractivity contribution is -0.140. The molecule has 160 valence electrons. The first kappa shape index (κ1) is 20.1. The van der Waals surface area contributed by atoms with Crippen LogP contribution in [0.1, 0.15) is 23.1 Å². The van der Waals surface area contributed by atoms with E-state index in [-0.39, 0.29) is 24.8 Å². The van der Waals surface area contributed by atoms with Crippen LogP contribution in [0, 0.1) is 0 Å². The molecule has 1 fully saturated rings. The van der Waals surface area contributed by atoms with Crippen molar-refractivity contribution >= 4 is 22.7 Å². The van der Waals surface area contributed by atoms with Gasteiger partial charge in [-0.15, -0.1) is 0 Å². The Morgan fingerprint density at radius 3 is 2.56 bits per heavy atom. The summed E-state index contributed by atoms with van der Waals surface area (Å²) in [6.45, 7) is 0.283. The maximum Gasteiger partial charge on any atom is 0.241 e. The number of carbonyl (C=O) groups excluding carboxylic acids is 2. The number of H-pyrrole nitrogens is 1. The molecule has 1 unspecified atom stereocenters. The molecule has 0 bridgehead atoms. The molecule has 0 spiro atoms. The Morgan fingerprint density at radius 1 is 0.938 bits per heavy atom. The van der Waals surface area contributed by atoms with E-state index in [2.05, 4.69) is 4.98 Å². The largest absolute Gasteiger partial charge is 0.497 e. The van der Waals surface area contributed by atoms with Gasteiger partial charge < -0.3 is 9.72 Å². The number of ether oxygens (including phenoxy) is 1. The molecule has 0 saturated carbocycles. The molecule has 1 saturated heterocycles. The minimum Gasteiger partial charge on any atom is -0.497 e. The summed E-state index contributed by atoms with van der Waals surface area (Å²) in [6.07, 6.45) is 2.45. The standard InChI is InChI=1S/C27H24N2O3/c1-32-23-9-5-8-20(14-23)16-27(22-10-11-24-21(15-22)12-13-28-24)17-25(30)29(26(27)31)18-19-6-3-2-4-7-19/h2-15,28H,16-18H2,1H3. The number of amides is 2. The Hall–Kier alpha value is -3.86. The third-order valence-corrected chi connectivity index (χ3v) is 6.34. The van der Waals surface area contributed by atoms with E-state index in [9.17, 15) is 9.59 Å². The lowest BCUT2D eigenvalue weighted by atomic mass is 9.74. The van der Waals surface area contributed by atoms with E-state index in [1.165, 1.54) is 4.90 Å². The second-order valence-electron chi connectivity index (χ2n) is 8.34. The third kappa shape index (κ3) is 3.46. The van der Waals surface area contributed by atoms with Crippen LogP contribution in [0.5, 0.6) is 5.75 Å². The molecular weight excluding hydrogens is 400 g/mol. The summed E-state index contributed by atoms with van der Waals surface area (Å²) in [7, 11) is 1.63. The van der Waals surface area contributed by atoms with Gasteiger partial charge in [-0.2, -0.15) is 0 Å². The molecule has 5 nitrogen and oxygen atoms in total. The first-order chi connectivity index (χ1) is 15.6. The van der Waals surface area contributed by atoms with Crippen LogP contribution in [0.15, 0.2) is 85.1 Å². The average Bonchev–Trinajstić information content (AvgIpc) is 3.38. The van der Waals surface area contributed by atoms with Gasteiger partial charge in [0.05, 0.1) is 19.1 Å². The van der Waals surface area contributed by atoms with Gasteiger partial charge in [0.2, 0.25) is 11.8 Å². The molecule has 4 aromatic rings. The molecule has 32 heavy (non-hydrogen) atoms. The van der Waals surface area contributed by atoms with E-state index >= 15 is 0 Å². The van der Waals surface area contributed by atoms with Gasteiger partial charge in [0.25, 0.3) is 0 Å². The van der Waals surface area contributed by atoms with E-state index in [4.69, 9.17) is 4.74 Å². The molecule has 0 radical (unpaired) electrons. The van der Waals surface area contributed by atoms with Gasteiger partial charge in [0.1, 0.15) is 5.75 Å². The fraction of sp³-hybridized carbons (Fsp3) is 0.185. The highest BCUT2D eigenvalue weighted by molar-refractivity contribution is 6.09. The maximum absolute atomic E-state index is 13.9. The van der Waals surface area contributed by atoms with E-state index in [0.717, 1.165) is 33.3 Å². The molecule has 5 rings (SSSR count). The van der Waals surface area contributed by atoms with Crippen LogP contribution in [0.25, 0.3) is 10.9 Å². The number of rotatable bonds is 6. The average molecular weight is 425 g/mol. The smallest absolute Gasteiger partial charge is 0.241 e. The van der Waals surface area contributed by atoms with Gasteiger partial charge >= 0.3 is 0 Å². The fourth-order valence-corrected chi connectivity index (χ4v) is 4.67. The maximum atomic E-state index is 13.9. The van der Waals surface area contributed by atoms with Crippen LogP contribution >= 0.6 is 0 Å². The summed E-state index contributed by atoms with van der Waals surface area (Å²) in [5.74, 6) is 0.441. The Bertz CT molecular complexity index is 1290. The van der Waals surface area contributed by atoms with Crippen molar-refractivity contribution in [2.24, 2.45) is 0 Å². The topological polar surface area (TPSA) is 62.4 Å². The summed E-state index contributed by atoms with van der Waals surface area (Å²) >= 11 is 0. The quantitative estimate of drug-likeness (QED) is 0.460. The third-order valence-electron chi connectivity index (χ3n) is 6.34. The van der Waals surface area contributed by atoms with E-state index < -0.39 is 5.41 Å². The van der Waals surface area contributed by atoms with Crippen LogP contribution in [-0.2, 0) is 28.0 Å². The van der Waals surface area contributed by atoms with Crippen molar-refractivity contribution in [1.29, 1.82) is 0 Å².